The van der Waals surface area contributed by atoms with E-state index in [0.29, 0.717) is 17.5 Å². The number of nitrogen functional groups attached to an aromatic ring is 1. The third-order valence-electron chi connectivity index (χ3n) is 3.99. The van der Waals surface area contributed by atoms with Crippen LogP contribution in [0.5, 0.6) is 11.6 Å². The van der Waals surface area contributed by atoms with Crippen molar-refractivity contribution >= 4 is 11.5 Å². The predicted octanol–water partition coefficient (Wildman–Crippen LogP) is 3.57. The van der Waals surface area contributed by atoms with E-state index in [1.165, 1.54) is 24.7 Å². The minimum atomic E-state index is 0.425. The van der Waals surface area contributed by atoms with Gasteiger partial charge in [-0.15, -0.1) is 0 Å². The second kappa shape index (κ2) is 6.22. The maximum Gasteiger partial charge on any atom is 0.248 e. The molecule has 1 saturated heterocycles. The van der Waals surface area contributed by atoms with Crippen molar-refractivity contribution in [1.82, 2.24) is 9.97 Å². The van der Waals surface area contributed by atoms with Crippen molar-refractivity contribution in [1.29, 1.82) is 0 Å². The lowest BCUT2D eigenvalue weighted by Gasteiger charge is -2.19. The van der Waals surface area contributed by atoms with Crippen molar-refractivity contribution in [3.8, 4) is 11.6 Å². The summed E-state index contributed by atoms with van der Waals surface area (Å²) in [5, 5.41) is 0. The summed E-state index contributed by atoms with van der Waals surface area (Å²) in [5.41, 5.74) is 7.99. The molecular weight excluding hydrogens is 276 g/mol. The van der Waals surface area contributed by atoms with E-state index < -0.39 is 0 Å². The highest BCUT2D eigenvalue weighted by Gasteiger charge is 2.19. The average Bonchev–Trinajstić information content (AvgIpc) is 3.04. The van der Waals surface area contributed by atoms with E-state index >= 15 is 0 Å². The van der Waals surface area contributed by atoms with Gasteiger partial charge in [-0.2, -0.15) is 4.98 Å². The van der Waals surface area contributed by atoms with Crippen LogP contribution in [0.3, 0.4) is 0 Å². The summed E-state index contributed by atoms with van der Waals surface area (Å²) in [5.74, 6) is 2.44. The number of rotatable bonds is 4. The fourth-order valence-corrected chi connectivity index (χ4v) is 2.67. The van der Waals surface area contributed by atoms with E-state index in [1.54, 1.807) is 0 Å². The van der Waals surface area contributed by atoms with Crippen LogP contribution in [-0.4, -0.2) is 23.1 Å². The highest BCUT2D eigenvalue weighted by molar-refractivity contribution is 5.68. The summed E-state index contributed by atoms with van der Waals surface area (Å²) < 4.78 is 5.84. The van der Waals surface area contributed by atoms with E-state index in [1.807, 2.05) is 12.1 Å². The maximum atomic E-state index is 6.20. The molecular formula is C17H22N4O. The molecule has 5 heteroatoms. The first-order chi connectivity index (χ1) is 10.6. The molecule has 3 rings (SSSR count). The molecule has 2 aromatic rings. The minimum Gasteiger partial charge on any atom is -0.437 e. The number of hydrogen-bond donors (Lipinski definition) is 1. The maximum absolute atomic E-state index is 6.20. The summed E-state index contributed by atoms with van der Waals surface area (Å²) in [4.78, 5) is 10.7. The molecule has 0 bridgehead atoms. The first-order valence-electron chi connectivity index (χ1n) is 7.78. The lowest BCUT2D eigenvalue weighted by Crippen LogP contribution is -2.20. The Kier molecular flexibility index (Phi) is 4.13. The van der Waals surface area contributed by atoms with Crippen LogP contribution in [0.1, 0.15) is 38.2 Å². The van der Waals surface area contributed by atoms with Crippen LogP contribution in [0, 0.1) is 0 Å². The molecule has 2 N–H and O–H groups in total. The highest BCUT2D eigenvalue weighted by Crippen LogP contribution is 2.33. The molecule has 0 radical (unpaired) electrons. The SMILES string of the molecule is CC(C)c1ccc(Oc2ncnc(N3CCCC3)c2N)cc1. The highest BCUT2D eigenvalue weighted by atomic mass is 16.5. The summed E-state index contributed by atoms with van der Waals surface area (Å²) in [6.45, 7) is 6.31. The number of hydrogen-bond acceptors (Lipinski definition) is 5. The molecule has 116 valence electrons. The normalized spacial score (nSPS) is 14.6. The fourth-order valence-electron chi connectivity index (χ4n) is 2.67. The average molecular weight is 298 g/mol. The molecule has 1 fully saturated rings. The van der Waals surface area contributed by atoms with Gasteiger partial charge in [-0.05, 0) is 36.5 Å². The quantitative estimate of drug-likeness (QED) is 0.934. The Balaban J connectivity index is 1.81. The Labute approximate surface area is 131 Å². The van der Waals surface area contributed by atoms with Crippen LogP contribution < -0.4 is 15.4 Å². The minimum absolute atomic E-state index is 0.425. The number of aromatic nitrogens is 2. The van der Waals surface area contributed by atoms with Gasteiger partial charge < -0.3 is 15.4 Å². The zero-order valence-corrected chi connectivity index (χ0v) is 13.1. The van der Waals surface area contributed by atoms with Crippen molar-refractivity contribution in [2.45, 2.75) is 32.6 Å². The molecule has 2 heterocycles. The molecule has 0 spiro atoms. The Hall–Kier alpha value is -2.30. The van der Waals surface area contributed by atoms with Gasteiger partial charge in [0.15, 0.2) is 5.82 Å². The van der Waals surface area contributed by atoms with E-state index in [0.717, 1.165) is 24.7 Å². The first kappa shape index (κ1) is 14.6. The molecule has 0 unspecified atom stereocenters. The Morgan fingerprint density at radius 2 is 1.77 bits per heavy atom. The van der Waals surface area contributed by atoms with Crippen molar-refractivity contribution in [3.63, 3.8) is 0 Å². The Bertz CT molecular complexity index is 634. The molecule has 5 nitrogen and oxygen atoms in total. The molecule has 1 aromatic heterocycles. The zero-order valence-electron chi connectivity index (χ0n) is 13.1. The summed E-state index contributed by atoms with van der Waals surface area (Å²) in [6.07, 6.45) is 3.87. The molecule has 0 atom stereocenters. The smallest absolute Gasteiger partial charge is 0.248 e. The monoisotopic (exact) mass is 298 g/mol. The van der Waals surface area contributed by atoms with Gasteiger partial charge in [-0.3, -0.25) is 0 Å². The fraction of sp³-hybridized carbons (Fsp3) is 0.412. The van der Waals surface area contributed by atoms with E-state index in [4.69, 9.17) is 10.5 Å². The summed E-state index contributed by atoms with van der Waals surface area (Å²) >= 11 is 0. The molecule has 0 saturated carbocycles. The van der Waals surface area contributed by atoms with Crippen molar-refractivity contribution in [3.05, 3.63) is 36.2 Å². The van der Waals surface area contributed by atoms with Crippen LogP contribution in [0.15, 0.2) is 30.6 Å². The second-order valence-electron chi connectivity index (χ2n) is 5.94. The second-order valence-corrected chi connectivity index (χ2v) is 5.94. The number of ether oxygens (including phenoxy) is 1. The third kappa shape index (κ3) is 2.98. The van der Waals surface area contributed by atoms with Gasteiger partial charge in [-0.25, -0.2) is 4.98 Å². The van der Waals surface area contributed by atoms with E-state index in [2.05, 4.69) is 40.8 Å². The number of benzene rings is 1. The van der Waals surface area contributed by atoms with Gasteiger partial charge in [0, 0.05) is 13.1 Å². The van der Waals surface area contributed by atoms with Crippen molar-refractivity contribution in [2.24, 2.45) is 0 Å². The molecule has 0 amide bonds. The van der Waals surface area contributed by atoms with Crippen LogP contribution in [0.25, 0.3) is 0 Å². The lowest BCUT2D eigenvalue weighted by atomic mass is 10.0. The summed E-state index contributed by atoms with van der Waals surface area (Å²) in [6, 6.07) is 8.04. The topological polar surface area (TPSA) is 64.3 Å². The lowest BCUT2D eigenvalue weighted by molar-refractivity contribution is 0.464. The first-order valence-corrected chi connectivity index (χ1v) is 7.78. The van der Waals surface area contributed by atoms with Crippen LogP contribution in [0.2, 0.25) is 0 Å². The van der Waals surface area contributed by atoms with E-state index in [-0.39, 0.29) is 0 Å². The van der Waals surface area contributed by atoms with Crippen molar-refractivity contribution in [2.75, 3.05) is 23.7 Å². The number of anilines is 2. The molecule has 1 aromatic carbocycles. The molecule has 1 aliphatic rings. The van der Waals surface area contributed by atoms with Crippen molar-refractivity contribution < 1.29 is 4.74 Å². The molecule has 1 aliphatic heterocycles. The van der Waals surface area contributed by atoms with Gasteiger partial charge in [0.2, 0.25) is 5.88 Å². The Morgan fingerprint density at radius 3 is 2.41 bits per heavy atom. The van der Waals surface area contributed by atoms with Crippen LogP contribution >= 0.6 is 0 Å². The zero-order chi connectivity index (χ0) is 15.5. The van der Waals surface area contributed by atoms with Gasteiger partial charge >= 0.3 is 0 Å². The Morgan fingerprint density at radius 1 is 1.09 bits per heavy atom. The van der Waals surface area contributed by atoms with Crippen LogP contribution in [0.4, 0.5) is 11.5 Å². The van der Waals surface area contributed by atoms with Gasteiger partial charge in [-0.1, -0.05) is 26.0 Å². The van der Waals surface area contributed by atoms with Crippen LogP contribution in [-0.2, 0) is 0 Å². The largest absolute Gasteiger partial charge is 0.437 e. The van der Waals surface area contributed by atoms with Gasteiger partial charge in [0.05, 0.1) is 0 Å². The summed E-state index contributed by atoms with van der Waals surface area (Å²) in [7, 11) is 0. The standard InChI is InChI=1S/C17H22N4O/c1-12(2)13-5-7-14(8-6-13)22-17-15(18)16(19-11-20-17)21-9-3-4-10-21/h5-8,11-12H,3-4,9-10,18H2,1-2H3. The number of nitrogens with two attached hydrogens (primary N) is 1. The van der Waals surface area contributed by atoms with E-state index in [9.17, 15) is 0 Å². The number of nitrogens with zero attached hydrogens (tertiary/aromatic N) is 3. The predicted molar refractivity (Wildman–Crippen MR) is 88.5 cm³/mol. The molecule has 22 heavy (non-hydrogen) atoms. The third-order valence-corrected chi connectivity index (χ3v) is 3.99. The van der Waals surface area contributed by atoms with Gasteiger partial charge in [0.1, 0.15) is 17.8 Å². The molecule has 0 aliphatic carbocycles. The van der Waals surface area contributed by atoms with Gasteiger partial charge in [0.25, 0.3) is 0 Å².